The van der Waals surface area contributed by atoms with Gasteiger partial charge in [0.1, 0.15) is 0 Å². The lowest BCUT2D eigenvalue weighted by molar-refractivity contribution is 0.0471. The monoisotopic (exact) mass is 455 g/mol. The number of nitrogens with zero attached hydrogens (tertiary/aromatic N) is 4. The highest BCUT2D eigenvalue weighted by atomic mass is 32.2. The maximum absolute atomic E-state index is 12.2. The largest absolute Gasteiger partial charge is 0.391 e. The third-order valence-electron chi connectivity index (χ3n) is 5.81. The molecule has 1 saturated heterocycles. The minimum absolute atomic E-state index is 0.0465. The van der Waals surface area contributed by atoms with Crippen LogP contribution in [-0.4, -0.2) is 57.9 Å². The van der Waals surface area contributed by atoms with Crippen LogP contribution in [0.25, 0.3) is 5.69 Å². The molecular formula is C23H29N5O3S. The molecule has 1 fully saturated rings. The lowest BCUT2D eigenvalue weighted by Gasteiger charge is -2.35. The van der Waals surface area contributed by atoms with Gasteiger partial charge in [0.15, 0.2) is 0 Å². The van der Waals surface area contributed by atoms with Crippen molar-refractivity contribution in [3.05, 3.63) is 72.1 Å². The lowest BCUT2D eigenvalue weighted by atomic mass is 9.87. The van der Waals surface area contributed by atoms with Crippen LogP contribution in [-0.2, 0) is 16.6 Å². The summed E-state index contributed by atoms with van der Waals surface area (Å²) in [6.07, 6.45) is 2.14. The van der Waals surface area contributed by atoms with Crippen LogP contribution in [0.3, 0.4) is 0 Å². The van der Waals surface area contributed by atoms with Crippen molar-refractivity contribution in [2.24, 2.45) is 0 Å². The van der Waals surface area contributed by atoms with Crippen molar-refractivity contribution in [1.29, 1.82) is 0 Å². The van der Waals surface area contributed by atoms with Crippen molar-refractivity contribution in [1.82, 2.24) is 19.9 Å². The van der Waals surface area contributed by atoms with Gasteiger partial charge < -0.3 is 5.11 Å². The van der Waals surface area contributed by atoms with Gasteiger partial charge in [-0.15, -0.1) is 5.10 Å². The predicted molar refractivity (Wildman–Crippen MR) is 124 cm³/mol. The molecule has 0 bridgehead atoms. The molecule has 1 aliphatic rings. The number of benzene rings is 2. The summed E-state index contributed by atoms with van der Waals surface area (Å²) < 4.78 is 28.7. The second-order valence-electron chi connectivity index (χ2n) is 8.51. The molecule has 2 N–H and O–H groups in total. The Hall–Kier alpha value is -2.75. The number of sulfonamides is 1. The Balaban J connectivity index is 1.39. The number of likely N-dealkylation sites (tertiary alicyclic amines) is 1. The average molecular weight is 456 g/mol. The highest BCUT2D eigenvalue weighted by Crippen LogP contribution is 2.31. The van der Waals surface area contributed by atoms with Gasteiger partial charge in [-0.3, -0.25) is 9.62 Å². The van der Waals surface area contributed by atoms with E-state index in [0.29, 0.717) is 18.8 Å². The SMILES string of the molecule is CC(C)S(=O)(=O)Nc1cccc([C@@H]2CCN(Cc3cn(-c4ccccc4)nn3)C[C@@H]2O)c1. The third kappa shape index (κ3) is 5.17. The van der Waals surface area contributed by atoms with Gasteiger partial charge in [0.25, 0.3) is 0 Å². The van der Waals surface area contributed by atoms with E-state index >= 15 is 0 Å². The third-order valence-corrected chi connectivity index (χ3v) is 7.57. The first-order chi connectivity index (χ1) is 15.3. The number of β-amino-alcohol motifs (C(OH)–C–C–N with tert-alkyl or cyclic N) is 1. The smallest absolute Gasteiger partial charge is 0.235 e. The number of rotatable bonds is 7. The van der Waals surface area contributed by atoms with E-state index in [1.165, 1.54) is 0 Å². The quantitative estimate of drug-likeness (QED) is 0.568. The number of piperidine rings is 1. The zero-order chi connectivity index (χ0) is 22.7. The van der Waals surface area contributed by atoms with Crippen LogP contribution in [0.5, 0.6) is 0 Å². The number of nitrogens with one attached hydrogen (secondary N) is 1. The molecule has 0 amide bonds. The van der Waals surface area contributed by atoms with Gasteiger partial charge in [-0.05, 0) is 56.6 Å². The van der Waals surface area contributed by atoms with Gasteiger partial charge in [0.2, 0.25) is 10.0 Å². The van der Waals surface area contributed by atoms with Gasteiger partial charge in [0, 0.05) is 24.7 Å². The molecule has 1 aliphatic heterocycles. The van der Waals surface area contributed by atoms with Gasteiger partial charge >= 0.3 is 0 Å². The van der Waals surface area contributed by atoms with Crippen molar-refractivity contribution < 1.29 is 13.5 Å². The van der Waals surface area contributed by atoms with Crippen LogP contribution in [0, 0.1) is 0 Å². The standard InChI is InChI=1S/C23H29N5O3S/c1-17(2)32(30,31)25-19-8-6-7-18(13-19)22-11-12-27(16-23(22)29)14-20-15-28(26-24-20)21-9-4-3-5-10-21/h3-10,13,15,17,22-23,25,29H,11-12,14,16H2,1-2H3/t22-,23-/m0/s1. The molecule has 2 heterocycles. The van der Waals surface area contributed by atoms with E-state index in [4.69, 9.17) is 0 Å². The Bertz CT molecular complexity index is 1150. The van der Waals surface area contributed by atoms with Gasteiger partial charge in [-0.1, -0.05) is 35.5 Å². The van der Waals surface area contributed by atoms with E-state index in [2.05, 4.69) is 19.9 Å². The molecule has 0 unspecified atom stereocenters. The zero-order valence-corrected chi connectivity index (χ0v) is 19.1. The Labute approximate surface area is 188 Å². The summed E-state index contributed by atoms with van der Waals surface area (Å²) in [6.45, 7) is 5.23. The minimum atomic E-state index is -3.41. The topological polar surface area (TPSA) is 100 Å². The van der Waals surface area contributed by atoms with Crippen LogP contribution >= 0.6 is 0 Å². The van der Waals surface area contributed by atoms with E-state index in [0.717, 1.165) is 29.9 Å². The van der Waals surface area contributed by atoms with Gasteiger partial charge in [-0.25, -0.2) is 13.1 Å². The van der Waals surface area contributed by atoms with Crippen molar-refractivity contribution in [3.8, 4) is 5.69 Å². The summed E-state index contributed by atoms with van der Waals surface area (Å²) in [5, 5.41) is 18.8. The Morgan fingerprint density at radius 2 is 1.94 bits per heavy atom. The summed E-state index contributed by atoms with van der Waals surface area (Å²) >= 11 is 0. The zero-order valence-electron chi connectivity index (χ0n) is 18.3. The molecule has 0 spiro atoms. The maximum atomic E-state index is 12.2. The molecule has 0 saturated carbocycles. The van der Waals surface area contributed by atoms with Crippen molar-refractivity contribution in [2.45, 2.75) is 44.1 Å². The normalized spacial score (nSPS) is 19.9. The summed E-state index contributed by atoms with van der Waals surface area (Å²) in [5.41, 5.74) is 3.28. The Kier molecular flexibility index (Phi) is 6.59. The van der Waals surface area contributed by atoms with Gasteiger partial charge in [0.05, 0.1) is 28.9 Å². The van der Waals surface area contributed by atoms with Crippen LogP contribution in [0.15, 0.2) is 60.8 Å². The van der Waals surface area contributed by atoms with Crippen LogP contribution in [0.1, 0.15) is 37.4 Å². The van der Waals surface area contributed by atoms with E-state index in [9.17, 15) is 13.5 Å². The molecular weight excluding hydrogens is 426 g/mol. The second-order valence-corrected chi connectivity index (χ2v) is 10.7. The van der Waals surface area contributed by atoms with Crippen molar-refractivity contribution >= 4 is 15.7 Å². The fourth-order valence-electron chi connectivity index (χ4n) is 3.95. The van der Waals surface area contributed by atoms with Crippen molar-refractivity contribution in [2.75, 3.05) is 17.8 Å². The molecule has 2 aromatic carbocycles. The first-order valence-electron chi connectivity index (χ1n) is 10.8. The van der Waals surface area contributed by atoms with E-state index in [1.54, 1.807) is 24.6 Å². The fraction of sp³-hybridized carbons (Fsp3) is 0.391. The number of anilines is 1. The Morgan fingerprint density at radius 3 is 2.66 bits per heavy atom. The average Bonchev–Trinajstić information content (AvgIpc) is 3.23. The second kappa shape index (κ2) is 9.40. The highest BCUT2D eigenvalue weighted by Gasteiger charge is 2.29. The van der Waals surface area contributed by atoms with Crippen LogP contribution < -0.4 is 4.72 Å². The molecule has 0 radical (unpaired) electrons. The molecule has 32 heavy (non-hydrogen) atoms. The number of hydrogen-bond donors (Lipinski definition) is 2. The fourth-order valence-corrected chi connectivity index (χ4v) is 4.64. The molecule has 170 valence electrons. The number of hydrogen-bond acceptors (Lipinski definition) is 6. The van der Waals surface area contributed by atoms with E-state index < -0.39 is 21.4 Å². The maximum Gasteiger partial charge on any atom is 0.235 e. The minimum Gasteiger partial charge on any atom is -0.391 e. The number of aliphatic hydroxyl groups excluding tert-OH is 1. The number of aliphatic hydroxyl groups is 1. The lowest BCUT2D eigenvalue weighted by Crippen LogP contribution is -2.42. The van der Waals surface area contributed by atoms with E-state index in [1.807, 2.05) is 54.7 Å². The molecule has 1 aromatic heterocycles. The first-order valence-corrected chi connectivity index (χ1v) is 12.3. The molecule has 9 heteroatoms. The van der Waals surface area contributed by atoms with E-state index in [-0.39, 0.29) is 5.92 Å². The Morgan fingerprint density at radius 1 is 1.16 bits per heavy atom. The molecule has 4 rings (SSSR count). The first kappa shape index (κ1) is 22.4. The highest BCUT2D eigenvalue weighted by molar-refractivity contribution is 7.93. The molecule has 2 atom stereocenters. The number of aromatic nitrogens is 3. The number of para-hydroxylation sites is 1. The summed E-state index contributed by atoms with van der Waals surface area (Å²) in [6, 6.07) is 17.2. The predicted octanol–water partition coefficient (Wildman–Crippen LogP) is 2.77. The molecule has 0 aliphatic carbocycles. The van der Waals surface area contributed by atoms with Crippen molar-refractivity contribution in [3.63, 3.8) is 0 Å². The van der Waals surface area contributed by atoms with Crippen LogP contribution in [0.2, 0.25) is 0 Å². The molecule has 8 nitrogen and oxygen atoms in total. The molecule has 3 aromatic rings. The van der Waals surface area contributed by atoms with Crippen LogP contribution in [0.4, 0.5) is 5.69 Å². The summed E-state index contributed by atoms with van der Waals surface area (Å²) in [5.74, 6) is -0.0465. The van der Waals surface area contributed by atoms with Gasteiger partial charge in [-0.2, -0.15) is 0 Å². The summed E-state index contributed by atoms with van der Waals surface area (Å²) in [4.78, 5) is 2.17. The summed E-state index contributed by atoms with van der Waals surface area (Å²) in [7, 11) is -3.41.